The number of carbonyl (C=O) groups is 1. The zero-order chi connectivity index (χ0) is 15.8. The van der Waals surface area contributed by atoms with Crippen LogP contribution in [0, 0.1) is 0 Å². The number of ether oxygens (including phenoxy) is 1. The average molecular weight is 290 g/mol. The molecule has 0 unspecified atom stereocenters. The van der Waals surface area contributed by atoms with Gasteiger partial charge in [0.15, 0.2) is 0 Å². The molecule has 0 aliphatic rings. The quantitative estimate of drug-likeness (QED) is 0.880. The number of hydrogen-bond donors (Lipinski definition) is 2. The van der Waals surface area contributed by atoms with E-state index in [-0.39, 0.29) is 18.4 Å². The Bertz CT molecular complexity index is 674. The fourth-order valence-corrected chi connectivity index (χ4v) is 2.58. The molecule has 6 nitrogen and oxygen atoms in total. The molecule has 1 aromatic heterocycles. The molecule has 1 heterocycles. The minimum Gasteiger partial charge on any atom is -0.489 e. The van der Waals surface area contributed by atoms with E-state index in [9.17, 15) is 4.79 Å². The van der Waals surface area contributed by atoms with Gasteiger partial charge in [0, 0.05) is 6.42 Å². The maximum absolute atomic E-state index is 11.3. The lowest BCUT2D eigenvalue weighted by molar-refractivity contribution is -0.119. The van der Waals surface area contributed by atoms with E-state index in [4.69, 9.17) is 16.2 Å². The van der Waals surface area contributed by atoms with Crippen LogP contribution in [-0.2, 0) is 10.3 Å². The van der Waals surface area contributed by atoms with Crippen LogP contribution in [0.5, 0.6) is 5.75 Å². The van der Waals surface area contributed by atoms with Crippen LogP contribution >= 0.6 is 0 Å². The number of rotatable bonds is 5. The molecule has 6 heteroatoms. The van der Waals surface area contributed by atoms with Crippen LogP contribution < -0.4 is 16.2 Å². The number of aromatic nitrogens is 2. The summed E-state index contributed by atoms with van der Waals surface area (Å²) in [5.74, 6) is 0.648. The molecule has 0 radical (unpaired) electrons. The van der Waals surface area contributed by atoms with Crippen molar-refractivity contribution in [1.29, 1.82) is 0 Å². The van der Waals surface area contributed by atoms with E-state index in [0.29, 0.717) is 17.2 Å². The molecular weight excluding hydrogens is 268 g/mol. The first kappa shape index (κ1) is 15.2. The zero-order valence-corrected chi connectivity index (χ0v) is 12.9. The third-order valence-corrected chi connectivity index (χ3v) is 3.25. The van der Waals surface area contributed by atoms with Gasteiger partial charge in [0.1, 0.15) is 11.3 Å². The molecule has 4 N–H and O–H groups in total. The summed E-state index contributed by atoms with van der Waals surface area (Å²) in [5.41, 5.74) is 12.4. The highest BCUT2D eigenvalue weighted by molar-refractivity contribution is 5.85. The lowest BCUT2D eigenvalue weighted by Gasteiger charge is -2.27. The van der Waals surface area contributed by atoms with Gasteiger partial charge in [0.25, 0.3) is 0 Å². The van der Waals surface area contributed by atoms with Gasteiger partial charge in [-0.3, -0.25) is 4.79 Å². The Labute approximate surface area is 124 Å². The van der Waals surface area contributed by atoms with Crippen molar-refractivity contribution >= 4 is 22.9 Å². The fourth-order valence-electron chi connectivity index (χ4n) is 2.58. The summed E-state index contributed by atoms with van der Waals surface area (Å²) in [5, 5.41) is 0. The van der Waals surface area contributed by atoms with Gasteiger partial charge in [-0.2, -0.15) is 0 Å². The summed E-state index contributed by atoms with van der Waals surface area (Å²) in [6, 6.07) is 5.66. The normalized spacial score (nSPS) is 12.0. The van der Waals surface area contributed by atoms with E-state index in [1.165, 1.54) is 0 Å². The smallest absolute Gasteiger partial charge is 0.219 e. The Morgan fingerprint density at radius 2 is 2.10 bits per heavy atom. The molecule has 0 saturated heterocycles. The molecule has 0 aliphatic carbocycles. The van der Waals surface area contributed by atoms with Crippen LogP contribution in [-0.4, -0.2) is 21.6 Å². The third kappa shape index (κ3) is 2.94. The van der Waals surface area contributed by atoms with Crippen LogP contribution in [0.15, 0.2) is 18.2 Å². The van der Waals surface area contributed by atoms with Crippen molar-refractivity contribution in [2.45, 2.75) is 45.8 Å². The summed E-state index contributed by atoms with van der Waals surface area (Å²) in [6.07, 6.45) is 0.221. The van der Waals surface area contributed by atoms with Crippen LogP contribution in [0.3, 0.4) is 0 Å². The first-order valence-electron chi connectivity index (χ1n) is 6.95. The highest BCUT2D eigenvalue weighted by atomic mass is 16.5. The van der Waals surface area contributed by atoms with Crippen LogP contribution in [0.4, 0.5) is 5.95 Å². The van der Waals surface area contributed by atoms with Gasteiger partial charge in [-0.25, -0.2) is 4.98 Å². The molecule has 2 rings (SSSR count). The Hall–Kier alpha value is -2.24. The molecule has 0 atom stereocenters. The van der Waals surface area contributed by atoms with Gasteiger partial charge in [0.05, 0.1) is 17.2 Å². The van der Waals surface area contributed by atoms with Crippen molar-refractivity contribution in [1.82, 2.24) is 9.55 Å². The highest BCUT2D eigenvalue weighted by Crippen LogP contribution is 2.33. The highest BCUT2D eigenvalue weighted by Gasteiger charge is 2.28. The number of amides is 1. The molecule has 1 amide bonds. The number of nitrogens with two attached hydrogens (primary N) is 2. The predicted molar refractivity (Wildman–Crippen MR) is 83.0 cm³/mol. The van der Waals surface area contributed by atoms with Crippen molar-refractivity contribution < 1.29 is 9.53 Å². The number of nitrogens with zero attached hydrogens (tertiary/aromatic N) is 2. The molecule has 2 aromatic rings. The molecular formula is C15H22N4O2. The van der Waals surface area contributed by atoms with Crippen molar-refractivity contribution in [3.63, 3.8) is 0 Å². The lowest BCUT2D eigenvalue weighted by Crippen LogP contribution is -2.33. The third-order valence-electron chi connectivity index (χ3n) is 3.25. The fraction of sp³-hybridized carbons (Fsp3) is 0.467. The molecule has 0 fully saturated rings. The Morgan fingerprint density at radius 1 is 1.43 bits per heavy atom. The number of para-hydroxylation sites is 1. The Morgan fingerprint density at radius 3 is 2.67 bits per heavy atom. The van der Waals surface area contributed by atoms with Gasteiger partial charge in [-0.1, -0.05) is 6.07 Å². The predicted octanol–water partition coefficient (Wildman–Crippen LogP) is 2.02. The molecule has 114 valence electrons. The Kier molecular flexibility index (Phi) is 3.80. The number of imidazole rings is 1. The second-order valence-electron chi connectivity index (χ2n) is 6.05. The molecule has 21 heavy (non-hydrogen) atoms. The number of nitrogen functional groups attached to an aromatic ring is 1. The first-order chi connectivity index (χ1) is 9.72. The van der Waals surface area contributed by atoms with E-state index in [1.54, 1.807) is 0 Å². The van der Waals surface area contributed by atoms with E-state index in [1.807, 2.05) is 50.5 Å². The monoisotopic (exact) mass is 290 g/mol. The largest absolute Gasteiger partial charge is 0.489 e. The van der Waals surface area contributed by atoms with E-state index in [0.717, 1.165) is 5.52 Å². The molecule has 0 bridgehead atoms. The van der Waals surface area contributed by atoms with E-state index in [2.05, 4.69) is 4.98 Å². The molecule has 1 aromatic carbocycles. The van der Waals surface area contributed by atoms with E-state index < -0.39 is 5.54 Å². The maximum atomic E-state index is 11.3. The second kappa shape index (κ2) is 5.27. The van der Waals surface area contributed by atoms with Crippen LogP contribution in [0.2, 0.25) is 0 Å². The van der Waals surface area contributed by atoms with Crippen molar-refractivity contribution in [2.24, 2.45) is 5.73 Å². The van der Waals surface area contributed by atoms with Gasteiger partial charge in [-0.15, -0.1) is 0 Å². The lowest BCUT2D eigenvalue weighted by atomic mass is 9.99. The van der Waals surface area contributed by atoms with E-state index >= 15 is 0 Å². The minimum atomic E-state index is -0.554. The number of fused-ring (bicyclic) bond motifs is 1. The topological polar surface area (TPSA) is 96.2 Å². The molecule has 0 spiro atoms. The number of carbonyl (C=O) groups excluding carboxylic acids is 1. The van der Waals surface area contributed by atoms with Gasteiger partial charge < -0.3 is 20.8 Å². The molecule has 0 aliphatic heterocycles. The number of anilines is 1. The molecule has 0 saturated carbocycles. The van der Waals surface area contributed by atoms with Crippen LogP contribution in [0.25, 0.3) is 11.0 Å². The van der Waals surface area contributed by atoms with Crippen LogP contribution in [0.1, 0.15) is 34.1 Å². The summed E-state index contributed by atoms with van der Waals surface area (Å²) in [6.45, 7) is 7.73. The summed E-state index contributed by atoms with van der Waals surface area (Å²) < 4.78 is 7.60. The summed E-state index contributed by atoms with van der Waals surface area (Å²) >= 11 is 0. The zero-order valence-electron chi connectivity index (χ0n) is 12.9. The number of benzene rings is 1. The maximum Gasteiger partial charge on any atom is 0.219 e. The summed E-state index contributed by atoms with van der Waals surface area (Å²) in [7, 11) is 0. The van der Waals surface area contributed by atoms with Gasteiger partial charge >= 0.3 is 0 Å². The van der Waals surface area contributed by atoms with Crippen molar-refractivity contribution in [3.8, 4) is 5.75 Å². The average Bonchev–Trinajstić information content (AvgIpc) is 2.64. The number of primary amides is 1. The van der Waals surface area contributed by atoms with Gasteiger partial charge in [0.2, 0.25) is 11.9 Å². The first-order valence-corrected chi connectivity index (χ1v) is 6.95. The second-order valence-corrected chi connectivity index (χ2v) is 6.05. The van der Waals surface area contributed by atoms with Gasteiger partial charge in [-0.05, 0) is 39.8 Å². The number of hydrogen-bond acceptors (Lipinski definition) is 4. The SMILES string of the molecule is CC(C)Oc1cccc2c1nc(N)n2C(C)(C)CC(N)=O. The Balaban J connectivity index is 2.61. The van der Waals surface area contributed by atoms with Crippen molar-refractivity contribution in [3.05, 3.63) is 18.2 Å². The summed E-state index contributed by atoms with van der Waals surface area (Å²) in [4.78, 5) is 15.7. The standard InChI is InChI=1S/C15H22N4O2/c1-9(2)21-11-7-5-6-10-13(11)18-14(17)19(10)15(3,4)8-12(16)20/h5-7,9H,8H2,1-4H3,(H2,16,20)(H2,17,18). The minimum absolute atomic E-state index is 0.0422. The van der Waals surface area contributed by atoms with Crippen molar-refractivity contribution in [2.75, 3.05) is 5.73 Å².